The van der Waals surface area contributed by atoms with Crippen LogP contribution in [0.25, 0.3) is 5.57 Å². The highest BCUT2D eigenvalue weighted by atomic mass is 16.5. The number of rotatable bonds is 3. The summed E-state index contributed by atoms with van der Waals surface area (Å²) in [4.78, 5) is 2.32. The first-order chi connectivity index (χ1) is 11.7. The molecule has 0 unspecified atom stereocenters. The number of dihydropyridines is 1. The van der Waals surface area contributed by atoms with E-state index in [0.29, 0.717) is 0 Å². The molecule has 1 aliphatic carbocycles. The minimum atomic E-state index is 0.0350. The van der Waals surface area contributed by atoms with E-state index >= 15 is 0 Å². The van der Waals surface area contributed by atoms with E-state index in [9.17, 15) is 0 Å². The van der Waals surface area contributed by atoms with Crippen molar-refractivity contribution >= 4 is 5.57 Å². The number of benzene rings is 1. The molecule has 3 heteroatoms. The molecule has 0 amide bonds. The SMILES string of the molecule is C=C1OC2(CCCCC2)CN1Cc1cccc(C2=CCNC=C2)c1. The molecule has 1 spiro atoms. The summed E-state index contributed by atoms with van der Waals surface area (Å²) in [5.74, 6) is 0.850. The van der Waals surface area contributed by atoms with Gasteiger partial charge in [0.2, 0.25) is 0 Å². The summed E-state index contributed by atoms with van der Waals surface area (Å²) in [5.41, 5.74) is 3.92. The number of nitrogens with one attached hydrogen (secondary N) is 1. The number of nitrogens with zero attached hydrogens (tertiary/aromatic N) is 1. The molecule has 0 bridgehead atoms. The van der Waals surface area contributed by atoms with Gasteiger partial charge in [-0.2, -0.15) is 0 Å². The lowest BCUT2D eigenvalue weighted by atomic mass is 9.85. The molecule has 0 aromatic heterocycles. The predicted octanol–water partition coefficient (Wildman–Crippen LogP) is 4.19. The second-order valence-electron chi connectivity index (χ2n) is 7.20. The maximum Gasteiger partial charge on any atom is 0.183 e. The zero-order valence-corrected chi connectivity index (χ0v) is 14.3. The molecule has 2 fully saturated rings. The Hall–Kier alpha value is -2.16. The Morgan fingerprint density at radius 2 is 2.08 bits per heavy atom. The van der Waals surface area contributed by atoms with Crippen molar-refractivity contribution in [3.63, 3.8) is 0 Å². The number of hydrogen-bond donors (Lipinski definition) is 1. The van der Waals surface area contributed by atoms with E-state index in [2.05, 4.69) is 53.2 Å². The molecule has 0 atom stereocenters. The first-order valence-corrected chi connectivity index (χ1v) is 9.06. The van der Waals surface area contributed by atoms with E-state index in [1.54, 1.807) is 0 Å². The molecule has 1 aromatic carbocycles. The van der Waals surface area contributed by atoms with Crippen molar-refractivity contribution in [3.05, 3.63) is 66.2 Å². The number of allylic oxidation sites excluding steroid dienone is 2. The third-order valence-corrected chi connectivity index (χ3v) is 5.39. The summed E-state index contributed by atoms with van der Waals surface area (Å²) in [6, 6.07) is 8.83. The maximum absolute atomic E-state index is 6.22. The van der Waals surface area contributed by atoms with Gasteiger partial charge in [0, 0.05) is 13.1 Å². The van der Waals surface area contributed by atoms with Crippen LogP contribution < -0.4 is 5.32 Å². The lowest BCUT2D eigenvalue weighted by molar-refractivity contribution is 0.0159. The van der Waals surface area contributed by atoms with E-state index in [4.69, 9.17) is 4.74 Å². The van der Waals surface area contributed by atoms with E-state index < -0.39 is 0 Å². The summed E-state index contributed by atoms with van der Waals surface area (Å²) < 4.78 is 6.22. The third kappa shape index (κ3) is 3.08. The molecule has 1 saturated carbocycles. The Labute approximate surface area is 144 Å². The van der Waals surface area contributed by atoms with Gasteiger partial charge in [0.05, 0.1) is 6.54 Å². The molecule has 2 heterocycles. The fourth-order valence-corrected chi connectivity index (χ4v) is 4.12. The van der Waals surface area contributed by atoms with Crippen molar-refractivity contribution in [2.45, 2.75) is 44.2 Å². The first-order valence-electron chi connectivity index (χ1n) is 9.06. The van der Waals surface area contributed by atoms with Crippen LogP contribution in [0.15, 0.2) is 55.1 Å². The highest BCUT2D eigenvalue weighted by molar-refractivity contribution is 5.75. The zero-order chi connectivity index (χ0) is 16.4. The third-order valence-electron chi connectivity index (χ3n) is 5.39. The van der Waals surface area contributed by atoms with E-state index in [-0.39, 0.29) is 5.60 Å². The molecule has 0 radical (unpaired) electrons. The highest BCUT2D eigenvalue weighted by Gasteiger charge is 2.42. The standard InChI is InChI=1S/C21H26N2O/c1-17-23(16-21(24-17)10-3-2-4-11-21)15-18-6-5-7-20(14-18)19-8-12-22-13-9-19/h5-9,12,14,22H,1-4,10-11,13,15-16H2. The van der Waals surface area contributed by atoms with Crippen LogP contribution in [0.4, 0.5) is 0 Å². The molecule has 1 N–H and O–H groups in total. The second kappa shape index (κ2) is 6.39. The van der Waals surface area contributed by atoms with Gasteiger partial charge in [-0.15, -0.1) is 0 Å². The summed E-state index contributed by atoms with van der Waals surface area (Å²) in [6.45, 7) is 6.93. The average Bonchev–Trinajstić information content (AvgIpc) is 2.91. The molecule has 24 heavy (non-hydrogen) atoms. The lowest BCUT2D eigenvalue weighted by Gasteiger charge is -2.31. The summed E-state index contributed by atoms with van der Waals surface area (Å²) in [7, 11) is 0. The molecular formula is C21H26N2O. The second-order valence-corrected chi connectivity index (χ2v) is 7.20. The van der Waals surface area contributed by atoms with E-state index in [0.717, 1.165) is 25.5 Å². The molecule has 126 valence electrons. The predicted molar refractivity (Wildman–Crippen MR) is 98.0 cm³/mol. The molecule has 1 aromatic rings. The van der Waals surface area contributed by atoms with Gasteiger partial charge in [-0.3, -0.25) is 0 Å². The van der Waals surface area contributed by atoms with Gasteiger partial charge in [-0.25, -0.2) is 0 Å². The Bertz CT molecular complexity index is 683. The zero-order valence-electron chi connectivity index (χ0n) is 14.3. The van der Waals surface area contributed by atoms with Crippen molar-refractivity contribution in [2.75, 3.05) is 13.1 Å². The van der Waals surface area contributed by atoms with Gasteiger partial charge in [0.1, 0.15) is 5.60 Å². The Morgan fingerprint density at radius 1 is 1.21 bits per heavy atom. The van der Waals surface area contributed by atoms with Crippen LogP contribution in [-0.4, -0.2) is 23.6 Å². The van der Waals surface area contributed by atoms with Gasteiger partial charge in [-0.1, -0.05) is 30.7 Å². The van der Waals surface area contributed by atoms with Crippen LogP contribution in [-0.2, 0) is 11.3 Å². The summed E-state index contributed by atoms with van der Waals surface area (Å²) >= 11 is 0. The first kappa shape index (κ1) is 15.4. The van der Waals surface area contributed by atoms with Crippen molar-refractivity contribution in [1.82, 2.24) is 10.2 Å². The van der Waals surface area contributed by atoms with Crippen LogP contribution in [0.3, 0.4) is 0 Å². The highest BCUT2D eigenvalue weighted by Crippen LogP contribution is 2.40. The van der Waals surface area contributed by atoms with E-state index in [1.165, 1.54) is 48.8 Å². The minimum Gasteiger partial charge on any atom is -0.471 e. The Morgan fingerprint density at radius 3 is 2.88 bits per heavy atom. The van der Waals surface area contributed by atoms with Crippen LogP contribution in [0.5, 0.6) is 0 Å². The van der Waals surface area contributed by atoms with Crippen LogP contribution >= 0.6 is 0 Å². The molecule has 1 saturated heterocycles. The van der Waals surface area contributed by atoms with E-state index in [1.807, 2.05) is 6.20 Å². The Kier molecular flexibility index (Phi) is 4.09. The quantitative estimate of drug-likeness (QED) is 0.903. The monoisotopic (exact) mass is 322 g/mol. The molecule has 3 aliphatic rings. The fourth-order valence-electron chi connectivity index (χ4n) is 4.12. The van der Waals surface area contributed by atoms with Crippen molar-refractivity contribution in [3.8, 4) is 0 Å². The summed E-state index contributed by atoms with van der Waals surface area (Å²) in [6.07, 6.45) is 12.6. The number of ether oxygens (including phenoxy) is 1. The maximum atomic E-state index is 6.22. The van der Waals surface area contributed by atoms with Gasteiger partial charge in [0.15, 0.2) is 5.88 Å². The van der Waals surface area contributed by atoms with Gasteiger partial charge in [-0.05, 0) is 67.3 Å². The Balaban J connectivity index is 1.48. The molecule has 3 nitrogen and oxygen atoms in total. The molecule has 2 aliphatic heterocycles. The van der Waals surface area contributed by atoms with Crippen molar-refractivity contribution in [2.24, 2.45) is 0 Å². The average molecular weight is 322 g/mol. The van der Waals surface area contributed by atoms with Crippen molar-refractivity contribution < 1.29 is 4.74 Å². The number of hydrogen-bond acceptors (Lipinski definition) is 3. The minimum absolute atomic E-state index is 0.0350. The van der Waals surface area contributed by atoms with Gasteiger partial charge >= 0.3 is 0 Å². The smallest absolute Gasteiger partial charge is 0.183 e. The fraction of sp³-hybridized carbons (Fsp3) is 0.429. The lowest BCUT2D eigenvalue weighted by Crippen LogP contribution is -2.36. The van der Waals surface area contributed by atoms with Crippen molar-refractivity contribution in [1.29, 1.82) is 0 Å². The largest absolute Gasteiger partial charge is 0.471 e. The summed E-state index contributed by atoms with van der Waals surface area (Å²) in [5, 5.41) is 3.20. The molecule has 4 rings (SSSR count). The molecular weight excluding hydrogens is 296 g/mol. The normalized spacial score (nSPS) is 22.2. The van der Waals surface area contributed by atoms with Gasteiger partial charge in [0.25, 0.3) is 0 Å². The van der Waals surface area contributed by atoms with Gasteiger partial charge < -0.3 is 15.0 Å². The van der Waals surface area contributed by atoms with Crippen LogP contribution in [0.1, 0.15) is 43.2 Å². The topological polar surface area (TPSA) is 24.5 Å². The van der Waals surface area contributed by atoms with Crippen LogP contribution in [0.2, 0.25) is 0 Å². The van der Waals surface area contributed by atoms with Crippen LogP contribution in [0, 0.1) is 0 Å².